The summed E-state index contributed by atoms with van der Waals surface area (Å²) in [6.45, 7) is 4.52. The van der Waals surface area contributed by atoms with Gasteiger partial charge in [0.2, 0.25) is 0 Å². The molecule has 1 saturated carbocycles. The standard InChI is InChI=1S/C27H40N2/c1-3-5-6-7-9-23-10-12-24(13-11-23)16-19-26-20-21-27(29-28-26)25-17-14-22(8-4-2)15-18-25/h14-15,17-18,20-21,23-24H,3-13,16,19H2,1-2H3. The Morgan fingerprint density at radius 1 is 0.690 bits per heavy atom. The summed E-state index contributed by atoms with van der Waals surface area (Å²) >= 11 is 0. The monoisotopic (exact) mass is 392 g/mol. The van der Waals surface area contributed by atoms with Crippen LogP contribution in [0.3, 0.4) is 0 Å². The molecule has 2 nitrogen and oxygen atoms in total. The number of unbranched alkanes of at least 4 members (excludes halogenated alkanes) is 3. The third-order valence-corrected chi connectivity index (χ3v) is 6.75. The Balaban J connectivity index is 1.39. The predicted octanol–water partition coefficient (Wildman–Crippen LogP) is 7.81. The molecule has 0 radical (unpaired) electrons. The second-order valence-electron chi connectivity index (χ2n) is 9.13. The van der Waals surface area contributed by atoms with Crippen LogP contribution in [-0.2, 0) is 12.8 Å². The minimum Gasteiger partial charge on any atom is -0.155 e. The Hall–Kier alpha value is -1.70. The molecule has 1 aliphatic carbocycles. The van der Waals surface area contributed by atoms with E-state index in [2.05, 4.69) is 60.4 Å². The maximum atomic E-state index is 4.52. The molecule has 1 aliphatic rings. The summed E-state index contributed by atoms with van der Waals surface area (Å²) < 4.78 is 0. The molecule has 0 aliphatic heterocycles. The van der Waals surface area contributed by atoms with Crippen LogP contribution in [0.5, 0.6) is 0 Å². The van der Waals surface area contributed by atoms with Crippen molar-refractivity contribution in [3.63, 3.8) is 0 Å². The van der Waals surface area contributed by atoms with Gasteiger partial charge in [0.25, 0.3) is 0 Å². The van der Waals surface area contributed by atoms with E-state index in [4.69, 9.17) is 0 Å². The van der Waals surface area contributed by atoms with Crippen molar-refractivity contribution >= 4 is 0 Å². The molecule has 0 atom stereocenters. The first-order valence-corrected chi connectivity index (χ1v) is 12.2. The van der Waals surface area contributed by atoms with Crippen molar-refractivity contribution in [1.29, 1.82) is 0 Å². The lowest BCUT2D eigenvalue weighted by molar-refractivity contribution is 0.248. The first kappa shape index (κ1) is 22.0. The van der Waals surface area contributed by atoms with Gasteiger partial charge in [0.15, 0.2) is 0 Å². The molecule has 1 aromatic heterocycles. The summed E-state index contributed by atoms with van der Waals surface area (Å²) in [7, 11) is 0. The third-order valence-electron chi connectivity index (χ3n) is 6.75. The fraction of sp³-hybridized carbons (Fsp3) is 0.630. The van der Waals surface area contributed by atoms with E-state index < -0.39 is 0 Å². The van der Waals surface area contributed by atoms with E-state index in [1.165, 1.54) is 81.8 Å². The fourth-order valence-electron chi connectivity index (χ4n) is 4.80. The summed E-state index contributed by atoms with van der Waals surface area (Å²) in [5.74, 6) is 1.90. The molecule has 1 aromatic carbocycles. The first-order valence-electron chi connectivity index (χ1n) is 12.2. The van der Waals surface area contributed by atoms with Crippen molar-refractivity contribution in [3.05, 3.63) is 47.7 Å². The summed E-state index contributed by atoms with van der Waals surface area (Å²) in [6, 6.07) is 13.1. The van der Waals surface area contributed by atoms with Crippen LogP contribution < -0.4 is 0 Å². The van der Waals surface area contributed by atoms with Crippen molar-refractivity contribution in [2.75, 3.05) is 0 Å². The molecule has 0 spiro atoms. The van der Waals surface area contributed by atoms with Crippen molar-refractivity contribution in [2.24, 2.45) is 11.8 Å². The highest BCUT2D eigenvalue weighted by Crippen LogP contribution is 2.34. The van der Waals surface area contributed by atoms with Gasteiger partial charge in [0.05, 0.1) is 11.4 Å². The highest BCUT2D eigenvalue weighted by atomic mass is 15.1. The van der Waals surface area contributed by atoms with Gasteiger partial charge in [0, 0.05) is 5.56 Å². The van der Waals surface area contributed by atoms with Gasteiger partial charge in [0.1, 0.15) is 0 Å². The zero-order valence-electron chi connectivity index (χ0n) is 18.7. The van der Waals surface area contributed by atoms with E-state index in [0.29, 0.717) is 0 Å². The van der Waals surface area contributed by atoms with E-state index in [-0.39, 0.29) is 0 Å². The van der Waals surface area contributed by atoms with Gasteiger partial charge in [-0.25, -0.2) is 0 Å². The predicted molar refractivity (Wildman–Crippen MR) is 124 cm³/mol. The molecule has 158 valence electrons. The Bertz CT molecular complexity index is 681. The maximum absolute atomic E-state index is 4.52. The van der Waals surface area contributed by atoms with Gasteiger partial charge >= 0.3 is 0 Å². The van der Waals surface area contributed by atoms with Crippen LogP contribution in [0.2, 0.25) is 0 Å². The lowest BCUT2D eigenvalue weighted by Crippen LogP contribution is -2.15. The summed E-state index contributed by atoms with van der Waals surface area (Å²) in [6.07, 6.45) is 17.6. The highest BCUT2D eigenvalue weighted by molar-refractivity contribution is 5.58. The lowest BCUT2D eigenvalue weighted by atomic mass is 9.78. The van der Waals surface area contributed by atoms with Crippen LogP contribution in [0.15, 0.2) is 36.4 Å². The van der Waals surface area contributed by atoms with Crippen molar-refractivity contribution < 1.29 is 0 Å². The average molecular weight is 393 g/mol. The molecule has 0 unspecified atom stereocenters. The topological polar surface area (TPSA) is 25.8 Å². The second kappa shape index (κ2) is 12.1. The quantitative estimate of drug-likeness (QED) is 0.364. The number of hydrogen-bond donors (Lipinski definition) is 0. The fourth-order valence-corrected chi connectivity index (χ4v) is 4.80. The Labute approximate surface area is 178 Å². The zero-order valence-corrected chi connectivity index (χ0v) is 18.7. The summed E-state index contributed by atoms with van der Waals surface area (Å²) in [5, 5.41) is 9.02. The molecule has 2 aromatic rings. The Kier molecular flexibility index (Phi) is 9.18. The van der Waals surface area contributed by atoms with Crippen LogP contribution in [0, 0.1) is 11.8 Å². The molecule has 0 bridgehead atoms. The number of benzene rings is 1. The molecular formula is C27H40N2. The zero-order chi connectivity index (χ0) is 20.3. The van der Waals surface area contributed by atoms with Gasteiger partial charge in [-0.05, 0) is 48.8 Å². The number of nitrogens with zero attached hydrogens (tertiary/aromatic N) is 2. The van der Waals surface area contributed by atoms with E-state index in [0.717, 1.165) is 36.1 Å². The van der Waals surface area contributed by atoms with E-state index >= 15 is 0 Å². The number of aryl methyl sites for hydroxylation is 2. The third kappa shape index (κ3) is 7.24. The van der Waals surface area contributed by atoms with Gasteiger partial charge in [-0.2, -0.15) is 10.2 Å². The average Bonchev–Trinajstić information content (AvgIpc) is 2.77. The van der Waals surface area contributed by atoms with Crippen molar-refractivity contribution in [2.45, 2.75) is 97.3 Å². The lowest BCUT2D eigenvalue weighted by Gasteiger charge is -2.28. The van der Waals surface area contributed by atoms with Crippen molar-refractivity contribution in [1.82, 2.24) is 10.2 Å². The van der Waals surface area contributed by atoms with E-state index in [1.54, 1.807) is 0 Å². The maximum Gasteiger partial charge on any atom is 0.0929 e. The molecule has 29 heavy (non-hydrogen) atoms. The molecule has 3 rings (SSSR count). The minimum atomic E-state index is 0.898. The highest BCUT2D eigenvalue weighted by Gasteiger charge is 2.20. The number of hydrogen-bond acceptors (Lipinski definition) is 2. The molecule has 1 heterocycles. The minimum absolute atomic E-state index is 0.898. The van der Waals surface area contributed by atoms with Crippen LogP contribution >= 0.6 is 0 Å². The molecule has 2 heteroatoms. The molecule has 1 fully saturated rings. The number of rotatable bonds is 11. The molecule has 0 saturated heterocycles. The largest absolute Gasteiger partial charge is 0.155 e. The SMILES string of the molecule is CCCCCCC1CCC(CCc2ccc(-c3ccc(CCC)cc3)nn2)CC1. The van der Waals surface area contributed by atoms with Crippen LogP contribution in [0.1, 0.15) is 95.7 Å². The van der Waals surface area contributed by atoms with Crippen LogP contribution in [0.25, 0.3) is 11.3 Å². The van der Waals surface area contributed by atoms with Gasteiger partial charge in [-0.3, -0.25) is 0 Å². The summed E-state index contributed by atoms with van der Waals surface area (Å²) in [4.78, 5) is 0. The Morgan fingerprint density at radius 3 is 2.03 bits per heavy atom. The van der Waals surface area contributed by atoms with E-state index in [1.807, 2.05) is 0 Å². The van der Waals surface area contributed by atoms with Gasteiger partial charge in [-0.1, -0.05) is 102 Å². The Morgan fingerprint density at radius 2 is 1.41 bits per heavy atom. The van der Waals surface area contributed by atoms with Gasteiger partial charge < -0.3 is 0 Å². The second-order valence-corrected chi connectivity index (χ2v) is 9.13. The normalized spacial score (nSPS) is 19.4. The van der Waals surface area contributed by atoms with Crippen molar-refractivity contribution in [3.8, 4) is 11.3 Å². The van der Waals surface area contributed by atoms with Crippen LogP contribution in [-0.4, -0.2) is 10.2 Å². The number of aromatic nitrogens is 2. The smallest absolute Gasteiger partial charge is 0.0929 e. The molecule has 0 N–H and O–H groups in total. The first-order chi connectivity index (χ1) is 14.3. The van der Waals surface area contributed by atoms with E-state index in [9.17, 15) is 0 Å². The van der Waals surface area contributed by atoms with Crippen LogP contribution in [0.4, 0.5) is 0 Å². The summed E-state index contributed by atoms with van der Waals surface area (Å²) in [5.41, 5.74) is 4.70. The molecule has 0 amide bonds. The van der Waals surface area contributed by atoms with Gasteiger partial charge in [-0.15, -0.1) is 0 Å². The molecular weight excluding hydrogens is 352 g/mol.